The van der Waals surface area contributed by atoms with Crippen LogP contribution in [0.4, 0.5) is 10.5 Å². The van der Waals surface area contributed by atoms with Crippen LogP contribution in [0.2, 0.25) is 5.02 Å². The summed E-state index contributed by atoms with van der Waals surface area (Å²) in [5.41, 5.74) is 1.05. The van der Waals surface area contributed by atoms with E-state index in [0.29, 0.717) is 29.4 Å². The van der Waals surface area contributed by atoms with E-state index in [0.717, 1.165) is 6.42 Å². The topological polar surface area (TPSA) is 96.3 Å². The number of aryl methyl sites for hydroxylation is 1. The molecule has 0 unspecified atom stereocenters. The molecule has 3 rings (SSSR count). The van der Waals surface area contributed by atoms with Gasteiger partial charge in [-0.1, -0.05) is 11.6 Å². The first-order valence-electron chi connectivity index (χ1n) is 7.70. The summed E-state index contributed by atoms with van der Waals surface area (Å²) in [5.74, 6) is -0.544. The van der Waals surface area contributed by atoms with Gasteiger partial charge in [-0.2, -0.15) is 5.10 Å². The first-order chi connectivity index (χ1) is 12.0. The van der Waals surface area contributed by atoms with Gasteiger partial charge in [0.05, 0.1) is 11.2 Å². The maximum atomic E-state index is 12.1. The Morgan fingerprint density at radius 1 is 1.28 bits per heavy atom. The van der Waals surface area contributed by atoms with Gasteiger partial charge >= 0.3 is 6.03 Å². The summed E-state index contributed by atoms with van der Waals surface area (Å²) in [6.07, 6.45) is 4.01. The van der Waals surface area contributed by atoms with Crippen molar-refractivity contribution >= 4 is 35.1 Å². The molecule has 1 aromatic heterocycles. The van der Waals surface area contributed by atoms with Gasteiger partial charge in [-0.15, -0.1) is 0 Å². The van der Waals surface area contributed by atoms with Crippen LogP contribution < -0.4 is 15.5 Å². The number of nitrogens with one attached hydrogen (secondary N) is 2. The van der Waals surface area contributed by atoms with Gasteiger partial charge in [0, 0.05) is 30.5 Å². The number of carbonyl (C=O) groups is 3. The minimum Gasteiger partial charge on any atom is -0.352 e. The largest absolute Gasteiger partial charge is 0.352 e. The number of amides is 4. The molecule has 1 aliphatic heterocycles. The Balaban J connectivity index is 1.49. The Morgan fingerprint density at radius 2 is 2.04 bits per heavy atom. The number of carbonyl (C=O) groups excluding carboxylic acids is 3. The number of benzene rings is 1. The molecule has 2 heterocycles. The number of rotatable bonds is 6. The maximum absolute atomic E-state index is 12.1. The normalized spacial score (nSPS) is 13.9. The maximum Gasteiger partial charge on any atom is 0.329 e. The molecule has 1 aliphatic rings. The molecule has 0 saturated carbocycles. The summed E-state index contributed by atoms with van der Waals surface area (Å²) in [4.78, 5) is 36.2. The van der Waals surface area contributed by atoms with E-state index in [2.05, 4.69) is 15.7 Å². The van der Waals surface area contributed by atoms with Crippen LogP contribution in [0, 0.1) is 0 Å². The second-order valence-corrected chi connectivity index (χ2v) is 5.95. The van der Waals surface area contributed by atoms with Crippen LogP contribution in [-0.2, 0) is 11.3 Å². The number of aromatic nitrogens is 2. The quantitative estimate of drug-likeness (QED) is 0.600. The monoisotopic (exact) mass is 361 g/mol. The van der Waals surface area contributed by atoms with Gasteiger partial charge in [-0.25, -0.2) is 4.79 Å². The average molecular weight is 362 g/mol. The highest BCUT2D eigenvalue weighted by atomic mass is 35.5. The molecule has 0 radical (unpaired) electrons. The molecule has 1 aromatic carbocycles. The predicted molar refractivity (Wildman–Crippen MR) is 91.5 cm³/mol. The van der Waals surface area contributed by atoms with Crippen molar-refractivity contribution in [2.75, 3.05) is 18.0 Å². The molecule has 2 aromatic rings. The van der Waals surface area contributed by atoms with Crippen molar-refractivity contribution in [3.63, 3.8) is 0 Å². The fourth-order valence-corrected chi connectivity index (χ4v) is 2.60. The Labute approximate surface area is 148 Å². The second kappa shape index (κ2) is 7.35. The number of halogens is 1. The summed E-state index contributed by atoms with van der Waals surface area (Å²) >= 11 is 5.78. The third-order valence-electron chi connectivity index (χ3n) is 3.69. The van der Waals surface area contributed by atoms with Crippen molar-refractivity contribution < 1.29 is 14.4 Å². The fraction of sp³-hybridized carbons (Fsp3) is 0.250. The molecule has 4 amide bonds. The number of anilines is 1. The van der Waals surface area contributed by atoms with Crippen LogP contribution in [0.15, 0.2) is 36.7 Å². The Bertz CT molecular complexity index is 802. The lowest BCUT2D eigenvalue weighted by Gasteiger charge is -2.13. The zero-order valence-electron chi connectivity index (χ0n) is 13.2. The Hall–Kier alpha value is -2.87. The van der Waals surface area contributed by atoms with Gasteiger partial charge in [0.15, 0.2) is 0 Å². The Morgan fingerprint density at radius 3 is 2.64 bits per heavy atom. The van der Waals surface area contributed by atoms with E-state index in [1.54, 1.807) is 41.3 Å². The number of hydrogen-bond acceptors (Lipinski definition) is 4. The van der Waals surface area contributed by atoms with Crippen molar-refractivity contribution in [3.8, 4) is 0 Å². The van der Waals surface area contributed by atoms with Gasteiger partial charge < -0.3 is 5.32 Å². The third kappa shape index (κ3) is 4.16. The molecule has 2 N–H and O–H groups in total. The van der Waals surface area contributed by atoms with E-state index in [4.69, 9.17) is 11.6 Å². The van der Waals surface area contributed by atoms with Gasteiger partial charge in [-0.05, 0) is 30.7 Å². The second-order valence-electron chi connectivity index (χ2n) is 5.52. The summed E-state index contributed by atoms with van der Waals surface area (Å²) in [7, 11) is 0. The third-order valence-corrected chi connectivity index (χ3v) is 3.88. The van der Waals surface area contributed by atoms with E-state index < -0.39 is 6.03 Å². The number of imide groups is 1. The average Bonchev–Trinajstić information content (AvgIpc) is 3.16. The molecule has 0 bridgehead atoms. The van der Waals surface area contributed by atoms with Crippen molar-refractivity contribution in [1.82, 2.24) is 20.4 Å². The molecule has 1 saturated heterocycles. The molecule has 130 valence electrons. The summed E-state index contributed by atoms with van der Waals surface area (Å²) in [6.45, 7) is 1.15. The summed E-state index contributed by atoms with van der Waals surface area (Å²) in [5, 5.41) is 9.67. The highest BCUT2D eigenvalue weighted by Gasteiger charge is 2.27. The molecule has 1 fully saturated rings. The summed E-state index contributed by atoms with van der Waals surface area (Å²) < 4.78 is 1.71. The zero-order chi connectivity index (χ0) is 17.8. The number of hydrogen-bond donors (Lipinski definition) is 2. The highest BCUT2D eigenvalue weighted by molar-refractivity contribution is 6.30. The molecule has 0 atom stereocenters. The summed E-state index contributed by atoms with van der Waals surface area (Å²) in [6, 6.07) is 6.06. The smallest absolute Gasteiger partial charge is 0.329 e. The van der Waals surface area contributed by atoms with Crippen LogP contribution in [0.25, 0.3) is 0 Å². The Kier molecular flexibility index (Phi) is 4.99. The van der Waals surface area contributed by atoms with Crippen molar-refractivity contribution in [2.45, 2.75) is 13.0 Å². The van der Waals surface area contributed by atoms with Gasteiger partial charge in [0.1, 0.15) is 6.54 Å². The SMILES string of the molecule is O=C1CN(c2ccc(C(=O)NCCCn3cc(Cl)cn3)cc2)C(=O)N1. The van der Waals surface area contributed by atoms with E-state index in [9.17, 15) is 14.4 Å². The van der Waals surface area contributed by atoms with Gasteiger partial charge in [0.2, 0.25) is 5.91 Å². The molecule has 9 heteroatoms. The van der Waals surface area contributed by atoms with Crippen LogP contribution in [-0.4, -0.2) is 40.7 Å². The molecular formula is C16H16ClN5O3. The van der Waals surface area contributed by atoms with Crippen LogP contribution >= 0.6 is 11.6 Å². The predicted octanol–water partition coefficient (Wildman–Crippen LogP) is 1.41. The lowest BCUT2D eigenvalue weighted by atomic mass is 10.2. The van der Waals surface area contributed by atoms with Crippen molar-refractivity contribution in [1.29, 1.82) is 0 Å². The molecule has 0 aliphatic carbocycles. The van der Waals surface area contributed by atoms with Crippen LogP contribution in [0.3, 0.4) is 0 Å². The standard InChI is InChI=1S/C16H16ClN5O3/c17-12-8-19-21(9-12)7-1-6-18-15(24)11-2-4-13(5-3-11)22-10-14(23)20-16(22)25/h2-5,8-9H,1,6-7,10H2,(H,18,24)(H,20,23,25). The van der Waals surface area contributed by atoms with Gasteiger partial charge in [-0.3, -0.25) is 24.5 Å². The van der Waals surface area contributed by atoms with E-state index in [-0.39, 0.29) is 18.4 Å². The molecular weight excluding hydrogens is 346 g/mol. The zero-order valence-corrected chi connectivity index (χ0v) is 14.0. The molecule has 0 spiro atoms. The number of urea groups is 1. The van der Waals surface area contributed by atoms with Crippen LogP contribution in [0.5, 0.6) is 0 Å². The van der Waals surface area contributed by atoms with E-state index in [1.165, 1.54) is 4.90 Å². The first kappa shape index (κ1) is 17.0. The van der Waals surface area contributed by atoms with Crippen LogP contribution in [0.1, 0.15) is 16.8 Å². The molecule has 25 heavy (non-hydrogen) atoms. The number of nitrogens with zero attached hydrogens (tertiary/aromatic N) is 3. The minimum absolute atomic E-state index is 0.0121. The lowest BCUT2D eigenvalue weighted by molar-refractivity contribution is -0.117. The van der Waals surface area contributed by atoms with E-state index >= 15 is 0 Å². The fourth-order valence-electron chi connectivity index (χ4n) is 2.45. The first-order valence-corrected chi connectivity index (χ1v) is 8.08. The highest BCUT2D eigenvalue weighted by Crippen LogP contribution is 2.17. The van der Waals surface area contributed by atoms with Crippen molar-refractivity contribution in [2.24, 2.45) is 0 Å². The lowest BCUT2D eigenvalue weighted by Crippen LogP contribution is -2.28. The van der Waals surface area contributed by atoms with Crippen molar-refractivity contribution in [3.05, 3.63) is 47.2 Å². The molecule has 8 nitrogen and oxygen atoms in total. The van der Waals surface area contributed by atoms with E-state index in [1.807, 2.05) is 0 Å². The minimum atomic E-state index is -0.457. The van der Waals surface area contributed by atoms with Gasteiger partial charge in [0.25, 0.3) is 5.91 Å².